The molecule has 1 aromatic carbocycles. The molecule has 0 aliphatic rings. The molecule has 0 fully saturated rings. The molecule has 0 atom stereocenters. The number of primary sulfonamides is 1. The fraction of sp³-hybridized carbons (Fsp3) is 0.571. The van der Waals surface area contributed by atoms with E-state index in [1.165, 1.54) is 12.1 Å². The molecular formula is C21H37N9O2S. The Morgan fingerprint density at radius 1 is 0.758 bits per heavy atom. The van der Waals surface area contributed by atoms with Crippen molar-refractivity contribution in [3.05, 3.63) is 24.3 Å². The van der Waals surface area contributed by atoms with E-state index in [2.05, 4.69) is 68.4 Å². The molecule has 12 heteroatoms. The van der Waals surface area contributed by atoms with E-state index in [0.717, 1.165) is 39.3 Å². The van der Waals surface area contributed by atoms with Crippen LogP contribution in [0.3, 0.4) is 0 Å². The predicted molar refractivity (Wildman–Crippen MR) is 133 cm³/mol. The van der Waals surface area contributed by atoms with Crippen molar-refractivity contribution in [1.82, 2.24) is 24.8 Å². The lowest BCUT2D eigenvalue weighted by Crippen LogP contribution is -2.29. The van der Waals surface area contributed by atoms with E-state index in [1.54, 1.807) is 12.1 Å². The highest BCUT2D eigenvalue weighted by Gasteiger charge is 2.10. The molecule has 0 aliphatic carbocycles. The van der Waals surface area contributed by atoms with Crippen molar-refractivity contribution in [2.24, 2.45) is 5.14 Å². The van der Waals surface area contributed by atoms with Gasteiger partial charge in [0.05, 0.1) is 4.90 Å². The zero-order valence-electron chi connectivity index (χ0n) is 20.0. The number of anilines is 4. The number of likely N-dealkylation sites (N-methyl/N-ethyl adjacent to an activating group) is 2. The number of aromatic nitrogens is 3. The average Bonchev–Trinajstić information content (AvgIpc) is 2.79. The van der Waals surface area contributed by atoms with E-state index < -0.39 is 10.0 Å². The molecule has 0 spiro atoms. The van der Waals surface area contributed by atoms with Crippen molar-refractivity contribution >= 4 is 33.6 Å². The van der Waals surface area contributed by atoms with Crippen LogP contribution in [0.2, 0.25) is 0 Å². The summed E-state index contributed by atoms with van der Waals surface area (Å²) in [6.07, 6.45) is 0. The van der Waals surface area contributed by atoms with Gasteiger partial charge in [0.2, 0.25) is 27.9 Å². The van der Waals surface area contributed by atoms with Gasteiger partial charge in [-0.1, -0.05) is 27.7 Å². The Labute approximate surface area is 197 Å². The van der Waals surface area contributed by atoms with Crippen LogP contribution in [0.1, 0.15) is 27.7 Å². The van der Waals surface area contributed by atoms with Gasteiger partial charge < -0.3 is 25.8 Å². The Balaban J connectivity index is 2.15. The van der Waals surface area contributed by atoms with Gasteiger partial charge >= 0.3 is 0 Å². The van der Waals surface area contributed by atoms with Gasteiger partial charge in [-0.3, -0.25) is 0 Å². The van der Waals surface area contributed by atoms with E-state index in [0.29, 0.717) is 36.6 Å². The quantitative estimate of drug-likeness (QED) is 0.298. The fourth-order valence-electron chi connectivity index (χ4n) is 3.18. The minimum Gasteiger partial charge on any atom is -0.353 e. The first-order valence-corrected chi connectivity index (χ1v) is 12.9. The Morgan fingerprint density at radius 3 is 1.58 bits per heavy atom. The topological polar surface area (TPSA) is 141 Å². The number of hydrogen-bond donors (Lipinski definition) is 4. The standard InChI is InChI=1S/C21H37N9O2S/c1-5-29(6-2)15-13-23-19-26-20(24-14-16-30(7-3)8-4)28-21(27-19)25-17-9-11-18(12-10-17)33(22,31)32/h9-12H,5-8,13-16H2,1-4H3,(H2,22,31,32)(H3,23,24,25,26,27,28). The highest BCUT2D eigenvalue weighted by Crippen LogP contribution is 2.18. The smallest absolute Gasteiger partial charge is 0.238 e. The normalized spacial score (nSPS) is 11.7. The van der Waals surface area contributed by atoms with Crippen molar-refractivity contribution in [3.8, 4) is 0 Å². The van der Waals surface area contributed by atoms with Crippen molar-refractivity contribution in [1.29, 1.82) is 0 Å². The van der Waals surface area contributed by atoms with Gasteiger partial charge in [0.25, 0.3) is 0 Å². The second-order valence-electron chi connectivity index (χ2n) is 7.41. The van der Waals surface area contributed by atoms with E-state index in [9.17, 15) is 8.42 Å². The molecule has 0 aliphatic heterocycles. The monoisotopic (exact) mass is 479 g/mol. The minimum atomic E-state index is -3.75. The lowest BCUT2D eigenvalue weighted by atomic mass is 10.3. The molecule has 0 bridgehead atoms. The molecule has 0 saturated heterocycles. The molecule has 0 saturated carbocycles. The highest BCUT2D eigenvalue weighted by molar-refractivity contribution is 7.89. The molecular weight excluding hydrogens is 442 g/mol. The number of nitrogens with zero attached hydrogens (tertiary/aromatic N) is 5. The van der Waals surface area contributed by atoms with Crippen LogP contribution < -0.4 is 21.1 Å². The molecule has 2 rings (SSSR count). The van der Waals surface area contributed by atoms with Gasteiger partial charge in [-0.05, 0) is 50.4 Å². The Hall–Kier alpha value is -2.54. The first-order valence-electron chi connectivity index (χ1n) is 11.4. The lowest BCUT2D eigenvalue weighted by Gasteiger charge is -2.19. The number of nitrogens with two attached hydrogens (primary N) is 1. The number of hydrogen-bond acceptors (Lipinski definition) is 10. The summed E-state index contributed by atoms with van der Waals surface area (Å²) in [5, 5.41) is 14.8. The molecule has 184 valence electrons. The Bertz CT molecular complexity index is 910. The van der Waals surface area contributed by atoms with E-state index in [1.807, 2.05) is 0 Å². The average molecular weight is 480 g/mol. The molecule has 5 N–H and O–H groups in total. The SMILES string of the molecule is CCN(CC)CCNc1nc(NCCN(CC)CC)nc(Nc2ccc(S(N)(=O)=O)cc2)n1. The van der Waals surface area contributed by atoms with Crippen molar-refractivity contribution in [3.63, 3.8) is 0 Å². The van der Waals surface area contributed by atoms with Gasteiger partial charge in [0.15, 0.2) is 0 Å². The zero-order valence-corrected chi connectivity index (χ0v) is 20.8. The first-order chi connectivity index (χ1) is 15.8. The lowest BCUT2D eigenvalue weighted by molar-refractivity contribution is 0.315. The second kappa shape index (κ2) is 13.2. The third-order valence-corrected chi connectivity index (χ3v) is 6.21. The molecule has 11 nitrogen and oxygen atoms in total. The van der Waals surface area contributed by atoms with Crippen molar-refractivity contribution in [2.75, 3.05) is 68.3 Å². The van der Waals surface area contributed by atoms with Crippen molar-refractivity contribution < 1.29 is 8.42 Å². The second-order valence-corrected chi connectivity index (χ2v) is 8.97. The maximum Gasteiger partial charge on any atom is 0.238 e. The number of rotatable bonds is 15. The van der Waals surface area contributed by atoms with E-state index >= 15 is 0 Å². The molecule has 1 aromatic heterocycles. The number of benzene rings is 1. The van der Waals surface area contributed by atoms with Gasteiger partial charge in [0, 0.05) is 31.9 Å². The summed E-state index contributed by atoms with van der Waals surface area (Å²) in [7, 11) is -3.75. The number of nitrogens with one attached hydrogen (secondary N) is 3. The molecule has 33 heavy (non-hydrogen) atoms. The predicted octanol–water partition coefficient (Wildman–Crippen LogP) is 1.77. The van der Waals surface area contributed by atoms with Crippen LogP contribution in [-0.4, -0.2) is 85.5 Å². The largest absolute Gasteiger partial charge is 0.353 e. The van der Waals surface area contributed by atoms with Gasteiger partial charge in [-0.25, -0.2) is 13.6 Å². The highest BCUT2D eigenvalue weighted by atomic mass is 32.2. The van der Waals surface area contributed by atoms with Gasteiger partial charge in [0.1, 0.15) is 0 Å². The van der Waals surface area contributed by atoms with Gasteiger partial charge in [-0.15, -0.1) is 0 Å². The fourth-order valence-corrected chi connectivity index (χ4v) is 3.69. The molecule has 1 heterocycles. The van der Waals surface area contributed by atoms with Crippen LogP contribution >= 0.6 is 0 Å². The molecule has 2 aromatic rings. The van der Waals surface area contributed by atoms with E-state index in [4.69, 9.17) is 5.14 Å². The maximum atomic E-state index is 11.5. The maximum absolute atomic E-state index is 11.5. The third-order valence-electron chi connectivity index (χ3n) is 5.29. The Kier molecular flexibility index (Phi) is 10.7. The molecule has 0 radical (unpaired) electrons. The summed E-state index contributed by atoms with van der Waals surface area (Å²) in [6.45, 7) is 15.6. The Morgan fingerprint density at radius 2 is 1.18 bits per heavy atom. The molecule has 0 amide bonds. The summed E-state index contributed by atoms with van der Waals surface area (Å²) in [5.74, 6) is 1.28. The van der Waals surface area contributed by atoms with Crippen LogP contribution in [0.25, 0.3) is 0 Å². The van der Waals surface area contributed by atoms with Crippen LogP contribution in [0.15, 0.2) is 29.2 Å². The van der Waals surface area contributed by atoms with Gasteiger partial charge in [-0.2, -0.15) is 15.0 Å². The van der Waals surface area contributed by atoms with Crippen LogP contribution in [0.4, 0.5) is 23.5 Å². The summed E-state index contributed by atoms with van der Waals surface area (Å²) >= 11 is 0. The summed E-state index contributed by atoms with van der Waals surface area (Å²) < 4.78 is 23.0. The van der Waals surface area contributed by atoms with E-state index in [-0.39, 0.29) is 4.90 Å². The van der Waals surface area contributed by atoms with Crippen LogP contribution in [0, 0.1) is 0 Å². The van der Waals surface area contributed by atoms with Crippen LogP contribution in [0.5, 0.6) is 0 Å². The van der Waals surface area contributed by atoms with Crippen LogP contribution in [-0.2, 0) is 10.0 Å². The zero-order chi connectivity index (χ0) is 24.3. The van der Waals surface area contributed by atoms with Crippen molar-refractivity contribution in [2.45, 2.75) is 32.6 Å². The first kappa shape index (κ1) is 26.7. The molecule has 0 unspecified atom stereocenters. The summed E-state index contributed by atoms with van der Waals surface area (Å²) in [4.78, 5) is 18.1. The number of sulfonamides is 1. The summed E-state index contributed by atoms with van der Waals surface area (Å²) in [5.41, 5.74) is 0.636. The summed E-state index contributed by atoms with van der Waals surface area (Å²) in [6, 6.07) is 6.10. The minimum absolute atomic E-state index is 0.0428. The third kappa shape index (κ3) is 9.08.